The number of aryl methyl sites for hydroxylation is 1. The molecule has 6 heteroatoms. The molecule has 0 aromatic heterocycles. The largest absolute Gasteiger partial charge is 0.496 e. The highest BCUT2D eigenvalue weighted by Gasteiger charge is 2.07. The van der Waals surface area contributed by atoms with Gasteiger partial charge in [-0.1, -0.05) is 31.2 Å². The van der Waals surface area contributed by atoms with Crippen LogP contribution in [0, 0.1) is 6.92 Å². The smallest absolute Gasteiger partial charge is 0.251 e. The third kappa shape index (κ3) is 7.14. The number of ether oxygens (including phenoxy) is 1. The summed E-state index contributed by atoms with van der Waals surface area (Å²) in [4.78, 5) is 16.8. The van der Waals surface area contributed by atoms with Crippen LogP contribution in [0.5, 0.6) is 5.75 Å². The molecule has 0 fully saturated rings. The minimum absolute atomic E-state index is 0.0471. The van der Waals surface area contributed by atoms with Gasteiger partial charge < -0.3 is 20.7 Å². The van der Waals surface area contributed by atoms with Crippen LogP contribution < -0.4 is 20.7 Å². The Morgan fingerprint density at radius 2 is 1.90 bits per heavy atom. The van der Waals surface area contributed by atoms with Gasteiger partial charge in [0.25, 0.3) is 5.91 Å². The maximum absolute atomic E-state index is 12.2. The van der Waals surface area contributed by atoms with Crippen molar-refractivity contribution in [1.82, 2.24) is 16.0 Å². The van der Waals surface area contributed by atoms with E-state index >= 15 is 0 Å². The minimum Gasteiger partial charge on any atom is -0.496 e. The summed E-state index contributed by atoms with van der Waals surface area (Å²) in [6.45, 7) is 8.63. The Labute approximate surface area is 173 Å². The van der Waals surface area contributed by atoms with Gasteiger partial charge in [0.2, 0.25) is 0 Å². The number of methoxy groups -OCH3 is 1. The predicted molar refractivity (Wildman–Crippen MR) is 118 cm³/mol. The SMILES string of the molecule is CCCNC(=O)c1cccc(CN=C(NCC)NCc2ccc(C)cc2OC)c1. The number of guanidine groups is 1. The molecular weight excluding hydrogens is 364 g/mol. The molecule has 0 radical (unpaired) electrons. The topological polar surface area (TPSA) is 74.8 Å². The summed E-state index contributed by atoms with van der Waals surface area (Å²) in [7, 11) is 1.68. The van der Waals surface area contributed by atoms with Crippen molar-refractivity contribution >= 4 is 11.9 Å². The first-order chi connectivity index (χ1) is 14.1. The van der Waals surface area contributed by atoms with Crippen LogP contribution in [0.1, 0.15) is 47.3 Å². The Balaban J connectivity index is 2.05. The van der Waals surface area contributed by atoms with Crippen molar-refractivity contribution in [1.29, 1.82) is 0 Å². The quantitative estimate of drug-likeness (QED) is 0.449. The highest BCUT2D eigenvalue weighted by molar-refractivity contribution is 5.94. The average molecular weight is 397 g/mol. The molecule has 2 aromatic carbocycles. The van der Waals surface area contributed by atoms with Gasteiger partial charge in [0.1, 0.15) is 5.75 Å². The third-order valence-corrected chi connectivity index (χ3v) is 4.38. The van der Waals surface area contributed by atoms with Gasteiger partial charge in [0.05, 0.1) is 13.7 Å². The van der Waals surface area contributed by atoms with E-state index in [2.05, 4.69) is 33.1 Å². The van der Waals surface area contributed by atoms with Gasteiger partial charge in [-0.05, 0) is 49.6 Å². The molecule has 0 aliphatic heterocycles. The van der Waals surface area contributed by atoms with E-state index in [4.69, 9.17) is 4.74 Å². The molecular formula is C23H32N4O2. The third-order valence-electron chi connectivity index (χ3n) is 4.38. The lowest BCUT2D eigenvalue weighted by molar-refractivity contribution is 0.0953. The zero-order valence-electron chi connectivity index (χ0n) is 17.8. The van der Waals surface area contributed by atoms with Crippen LogP contribution in [0.2, 0.25) is 0 Å². The monoisotopic (exact) mass is 396 g/mol. The Morgan fingerprint density at radius 1 is 1.07 bits per heavy atom. The maximum Gasteiger partial charge on any atom is 0.251 e. The van der Waals surface area contributed by atoms with E-state index in [0.717, 1.165) is 41.4 Å². The lowest BCUT2D eigenvalue weighted by Gasteiger charge is -2.14. The lowest BCUT2D eigenvalue weighted by atomic mass is 10.1. The molecule has 2 rings (SSSR count). The summed E-state index contributed by atoms with van der Waals surface area (Å²) in [5, 5.41) is 9.51. The Kier molecular flexibility index (Phi) is 9.02. The second kappa shape index (κ2) is 11.7. The number of nitrogens with zero attached hydrogens (tertiary/aromatic N) is 1. The number of carbonyl (C=O) groups is 1. The van der Waals surface area contributed by atoms with Gasteiger partial charge in [-0.25, -0.2) is 4.99 Å². The second-order valence-electron chi connectivity index (χ2n) is 6.82. The first-order valence-electron chi connectivity index (χ1n) is 10.1. The van der Waals surface area contributed by atoms with Crippen LogP contribution >= 0.6 is 0 Å². The number of carbonyl (C=O) groups excluding carboxylic acids is 1. The molecule has 0 unspecified atom stereocenters. The highest BCUT2D eigenvalue weighted by Crippen LogP contribution is 2.19. The average Bonchev–Trinajstić information content (AvgIpc) is 2.74. The van der Waals surface area contributed by atoms with Crippen molar-refractivity contribution in [2.45, 2.75) is 40.3 Å². The van der Waals surface area contributed by atoms with Gasteiger partial charge in [-0.15, -0.1) is 0 Å². The van der Waals surface area contributed by atoms with Gasteiger partial charge in [0, 0.05) is 30.8 Å². The standard InChI is InChI=1S/C23H32N4O2/c1-5-12-25-22(28)19-9-7-8-18(14-19)15-26-23(24-6-2)27-16-20-11-10-17(3)13-21(20)29-4/h7-11,13-14H,5-6,12,15-16H2,1-4H3,(H,25,28)(H2,24,26,27). The van der Waals surface area contributed by atoms with Crippen LogP contribution in [-0.2, 0) is 13.1 Å². The van der Waals surface area contributed by atoms with E-state index in [9.17, 15) is 4.79 Å². The fourth-order valence-electron chi connectivity index (χ4n) is 2.84. The van der Waals surface area contributed by atoms with Crippen LogP contribution in [-0.4, -0.2) is 32.1 Å². The first kappa shape index (κ1) is 22.3. The van der Waals surface area contributed by atoms with Crippen molar-refractivity contribution in [3.8, 4) is 5.75 Å². The van der Waals surface area contributed by atoms with Crippen molar-refractivity contribution in [3.05, 3.63) is 64.7 Å². The molecule has 0 saturated carbocycles. The predicted octanol–water partition coefficient (Wildman–Crippen LogP) is 3.40. The van der Waals surface area contributed by atoms with Crippen LogP contribution in [0.25, 0.3) is 0 Å². The van der Waals surface area contributed by atoms with Crippen LogP contribution in [0.15, 0.2) is 47.5 Å². The number of aliphatic imine (C=N–C) groups is 1. The van der Waals surface area contributed by atoms with E-state index < -0.39 is 0 Å². The molecule has 6 nitrogen and oxygen atoms in total. The molecule has 2 aromatic rings. The maximum atomic E-state index is 12.2. The summed E-state index contributed by atoms with van der Waals surface area (Å²) in [5.74, 6) is 1.53. The molecule has 0 saturated heterocycles. The van der Waals surface area contributed by atoms with Gasteiger partial charge in [-0.3, -0.25) is 4.79 Å². The van der Waals surface area contributed by atoms with Crippen molar-refractivity contribution in [2.24, 2.45) is 4.99 Å². The number of hydrogen-bond donors (Lipinski definition) is 3. The molecule has 156 valence electrons. The molecule has 0 aliphatic carbocycles. The molecule has 29 heavy (non-hydrogen) atoms. The number of benzene rings is 2. The van der Waals surface area contributed by atoms with E-state index in [-0.39, 0.29) is 5.91 Å². The Hall–Kier alpha value is -3.02. The van der Waals surface area contributed by atoms with E-state index in [0.29, 0.717) is 25.2 Å². The second-order valence-corrected chi connectivity index (χ2v) is 6.82. The van der Waals surface area contributed by atoms with E-state index in [1.807, 2.05) is 51.1 Å². The molecule has 0 spiro atoms. The fourth-order valence-corrected chi connectivity index (χ4v) is 2.84. The lowest BCUT2D eigenvalue weighted by Crippen LogP contribution is -2.36. The Bertz CT molecular complexity index is 833. The minimum atomic E-state index is -0.0471. The summed E-state index contributed by atoms with van der Waals surface area (Å²) < 4.78 is 5.47. The summed E-state index contributed by atoms with van der Waals surface area (Å²) in [5.41, 5.74) is 3.88. The molecule has 3 N–H and O–H groups in total. The number of hydrogen-bond acceptors (Lipinski definition) is 3. The van der Waals surface area contributed by atoms with Crippen molar-refractivity contribution < 1.29 is 9.53 Å². The zero-order chi connectivity index (χ0) is 21.1. The normalized spacial score (nSPS) is 11.1. The van der Waals surface area contributed by atoms with Crippen LogP contribution in [0.4, 0.5) is 0 Å². The van der Waals surface area contributed by atoms with Crippen LogP contribution in [0.3, 0.4) is 0 Å². The summed E-state index contributed by atoms with van der Waals surface area (Å²) in [6, 6.07) is 13.7. The van der Waals surface area contributed by atoms with Gasteiger partial charge in [-0.2, -0.15) is 0 Å². The number of amides is 1. The van der Waals surface area contributed by atoms with Gasteiger partial charge in [0.15, 0.2) is 5.96 Å². The molecule has 0 bridgehead atoms. The fraction of sp³-hybridized carbons (Fsp3) is 0.391. The van der Waals surface area contributed by atoms with E-state index in [1.165, 1.54) is 0 Å². The molecule has 0 atom stereocenters. The highest BCUT2D eigenvalue weighted by atomic mass is 16.5. The Morgan fingerprint density at radius 3 is 2.62 bits per heavy atom. The summed E-state index contributed by atoms with van der Waals surface area (Å²) >= 11 is 0. The molecule has 1 amide bonds. The molecule has 0 aliphatic rings. The van der Waals surface area contributed by atoms with Crippen molar-refractivity contribution in [2.75, 3.05) is 20.2 Å². The number of rotatable bonds is 9. The number of nitrogens with one attached hydrogen (secondary N) is 3. The molecule has 0 heterocycles. The first-order valence-corrected chi connectivity index (χ1v) is 10.1. The van der Waals surface area contributed by atoms with Crippen molar-refractivity contribution in [3.63, 3.8) is 0 Å². The summed E-state index contributed by atoms with van der Waals surface area (Å²) in [6.07, 6.45) is 0.916. The van der Waals surface area contributed by atoms with E-state index in [1.54, 1.807) is 7.11 Å². The van der Waals surface area contributed by atoms with Gasteiger partial charge >= 0.3 is 0 Å². The zero-order valence-corrected chi connectivity index (χ0v) is 17.8.